The maximum atomic E-state index is 12.6. The predicted molar refractivity (Wildman–Crippen MR) is 61.0 cm³/mol. The van der Waals surface area contributed by atoms with Gasteiger partial charge in [-0.1, -0.05) is 0 Å². The molecule has 0 bridgehead atoms. The van der Waals surface area contributed by atoms with Gasteiger partial charge >= 0.3 is 5.97 Å². The molecular formula is C8H5BrF2INO2. The van der Waals surface area contributed by atoms with Crippen LogP contribution in [0.15, 0.2) is 10.8 Å². The molecular weight excluding hydrogens is 387 g/mol. The third kappa shape index (κ3) is 2.63. The van der Waals surface area contributed by atoms with Crippen molar-refractivity contribution >= 4 is 44.5 Å². The van der Waals surface area contributed by atoms with E-state index in [4.69, 9.17) is 0 Å². The van der Waals surface area contributed by atoms with E-state index in [0.29, 0.717) is 0 Å². The summed E-state index contributed by atoms with van der Waals surface area (Å²) >= 11 is 4.57. The summed E-state index contributed by atoms with van der Waals surface area (Å²) in [6.45, 7) is 0. The van der Waals surface area contributed by atoms with Gasteiger partial charge in [-0.3, -0.25) is 0 Å². The zero-order chi connectivity index (χ0) is 11.6. The Labute approximate surface area is 106 Å². The van der Waals surface area contributed by atoms with Crippen molar-refractivity contribution in [2.24, 2.45) is 0 Å². The molecule has 0 aromatic carbocycles. The first kappa shape index (κ1) is 12.8. The number of esters is 1. The summed E-state index contributed by atoms with van der Waals surface area (Å²) in [6.07, 6.45) is -1.49. The first-order valence-corrected chi connectivity index (χ1v) is 5.56. The van der Waals surface area contributed by atoms with E-state index in [2.05, 4.69) is 25.7 Å². The maximum Gasteiger partial charge on any atom is 0.340 e. The van der Waals surface area contributed by atoms with E-state index in [9.17, 15) is 13.6 Å². The van der Waals surface area contributed by atoms with E-state index in [0.717, 1.165) is 0 Å². The molecule has 1 heterocycles. The summed E-state index contributed by atoms with van der Waals surface area (Å²) in [5.41, 5.74) is -0.255. The van der Waals surface area contributed by atoms with Crippen LogP contribution in [0.3, 0.4) is 0 Å². The Morgan fingerprint density at radius 3 is 2.73 bits per heavy atom. The smallest absolute Gasteiger partial charge is 0.340 e. The lowest BCUT2D eigenvalue weighted by Crippen LogP contribution is -2.08. The van der Waals surface area contributed by atoms with Crippen molar-refractivity contribution in [3.8, 4) is 0 Å². The number of pyridine rings is 1. The van der Waals surface area contributed by atoms with Crippen LogP contribution in [-0.4, -0.2) is 18.1 Å². The van der Waals surface area contributed by atoms with E-state index in [1.807, 2.05) is 0 Å². The second kappa shape index (κ2) is 5.15. The normalized spacial score (nSPS) is 10.5. The second-order valence-electron chi connectivity index (χ2n) is 2.48. The number of carbonyl (C=O) groups excluding carboxylic acids is 1. The average molecular weight is 392 g/mol. The Balaban J connectivity index is 3.35. The highest BCUT2D eigenvalue weighted by atomic mass is 127. The van der Waals surface area contributed by atoms with Crippen molar-refractivity contribution in [1.29, 1.82) is 0 Å². The van der Waals surface area contributed by atoms with Crippen LogP contribution >= 0.6 is 38.5 Å². The van der Waals surface area contributed by atoms with Gasteiger partial charge in [-0.05, 0) is 38.5 Å². The minimum atomic E-state index is -2.69. The summed E-state index contributed by atoms with van der Waals surface area (Å²) in [4.78, 5) is 14.9. The minimum absolute atomic E-state index is 0.0366. The van der Waals surface area contributed by atoms with E-state index >= 15 is 0 Å². The molecule has 0 unspecified atom stereocenters. The van der Waals surface area contributed by atoms with Crippen molar-refractivity contribution < 1.29 is 18.3 Å². The number of aromatic nitrogens is 1. The molecule has 1 rings (SSSR count). The number of hydrogen-bond donors (Lipinski definition) is 0. The Hall–Kier alpha value is -0.310. The van der Waals surface area contributed by atoms with Gasteiger partial charge in [-0.15, -0.1) is 0 Å². The molecule has 0 saturated carbocycles. The summed E-state index contributed by atoms with van der Waals surface area (Å²) in [7, 11) is 1.18. The van der Waals surface area contributed by atoms with Gasteiger partial charge in [0, 0.05) is 9.77 Å². The quantitative estimate of drug-likeness (QED) is 0.441. The average Bonchev–Trinajstić information content (AvgIpc) is 2.16. The largest absolute Gasteiger partial charge is 0.465 e. The molecule has 0 N–H and O–H groups in total. The maximum absolute atomic E-state index is 12.6. The molecule has 7 heteroatoms. The van der Waals surface area contributed by atoms with Gasteiger partial charge in [0.15, 0.2) is 0 Å². The zero-order valence-electron chi connectivity index (χ0n) is 7.43. The van der Waals surface area contributed by atoms with Crippen LogP contribution in [0, 0.1) is 3.57 Å². The molecule has 3 nitrogen and oxygen atoms in total. The van der Waals surface area contributed by atoms with Gasteiger partial charge in [-0.25, -0.2) is 18.6 Å². The Bertz CT molecular complexity index is 400. The van der Waals surface area contributed by atoms with E-state index in [-0.39, 0.29) is 19.3 Å². The monoisotopic (exact) mass is 391 g/mol. The molecule has 0 spiro atoms. The van der Waals surface area contributed by atoms with E-state index < -0.39 is 12.4 Å². The number of methoxy groups -OCH3 is 1. The van der Waals surface area contributed by atoms with Crippen LogP contribution in [0.4, 0.5) is 8.78 Å². The SMILES string of the molecule is COC(=O)c1cnc(Br)c(C(F)F)c1I. The Morgan fingerprint density at radius 2 is 2.27 bits per heavy atom. The zero-order valence-corrected chi connectivity index (χ0v) is 11.2. The summed E-state index contributed by atoms with van der Waals surface area (Å²) in [5.74, 6) is -0.679. The molecule has 1 aromatic heterocycles. The minimum Gasteiger partial charge on any atom is -0.465 e. The van der Waals surface area contributed by atoms with E-state index in [1.54, 1.807) is 22.6 Å². The molecule has 82 valence electrons. The van der Waals surface area contributed by atoms with Gasteiger partial charge in [-0.2, -0.15) is 0 Å². The number of carbonyl (C=O) groups is 1. The van der Waals surface area contributed by atoms with Crippen LogP contribution in [0.5, 0.6) is 0 Å². The van der Waals surface area contributed by atoms with Gasteiger partial charge in [0.1, 0.15) is 4.60 Å². The van der Waals surface area contributed by atoms with Crippen LogP contribution in [0.2, 0.25) is 0 Å². The molecule has 0 saturated heterocycles. The van der Waals surface area contributed by atoms with Crippen molar-refractivity contribution in [2.75, 3.05) is 7.11 Å². The van der Waals surface area contributed by atoms with Gasteiger partial charge in [0.05, 0.1) is 18.2 Å². The molecule has 0 aliphatic carbocycles. The van der Waals surface area contributed by atoms with Crippen LogP contribution in [-0.2, 0) is 4.74 Å². The predicted octanol–water partition coefficient (Wildman–Crippen LogP) is 3.17. The lowest BCUT2D eigenvalue weighted by atomic mass is 10.2. The van der Waals surface area contributed by atoms with Crippen LogP contribution < -0.4 is 0 Å². The highest BCUT2D eigenvalue weighted by Gasteiger charge is 2.22. The number of hydrogen-bond acceptors (Lipinski definition) is 3. The molecule has 0 aliphatic rings. The van der Waals surface area contributed by atoms with Crippen molar-refractivity contribution in [3.05, 3.63) is 25.5 Å². The number of alkyl halides is 2. The number of nitrogens with zero attached hydrogens (tertiary/aromatic N) is 1. The first-order chi connectivity index (χ1) is 6.99. The molecule has 15 heavy (non-hydrogen) atoms. The van der Waals surface area contributed by atoms with Crippen LogP contribution in [0.25, 0.3) is 0 Å². The fourth-order valence-corrected chi connectivity index (χ4v) is 2.62. The van der Waals surface area contributed by atoms with Gasteiger partial charge < -0.3 is 4.74 Å². The summed E-state index contributed by atoms with van der Waals surface area (Å²) in [5, 5.41) is 0. The fourth-order valence-electron chi connectivity index (χ4n) is 0.921. The Kier molecular flexibility index (Phi) is 4.38. The molecule has 1 aromatic rings. The number of ether oxygens (including phenoxy) is 1. The van der Waals surface area contributed by atoms with E-state index in [1.165, 1.54) is 13.3 Å². The number of rotatable bonds is 2. The topological polar surface area (TPSA) is 39.2 Å². The molecule has 0 amide bonds. The van der Waals surface area contributed by atoms with Crippen molar-refractivity contribution in [3.63, 3.8) is 0 Å². The fraction of sp³-hybridized carbons (Fsp3) is 0.250. The highest BCUT2D eigenvalue weighted by Crippen LogP contribution is 2.32. The lowest BCUT2D eigenvalue weighted by Gasteiger charge is -2.08. The first-order valence-electron chi connectivity index (χ1n) is 3.69. The lowest BCUT2D eigenvalue weighted by molar-refractivity contribution is 0.0598. The van der Waals surface area contributed by atoms with Gasteiger partial charge in [0.25, 0.3) is 6.43 Å². The molecule has 0 aliphatic heterocycles. The molecule has 0 radical (unpaired) electrons. The van der Waals surface area contributed by atoms with Crippen LogP contribution in [0.1, 0.15) is 22.3 Å². The van der Waals surface area contributed by atoms with Gasteiger partial charge in [0.2, 0.25) is 0 Å². The summed E-state index contributed by atoms with van der Waals surface area (Å²) in [6, 6.07) is 0. The third-order valence-corrected chi connectivity index (χ3v) is 3.42. The second-order valence-corrected chi connectivity index (χ2v) is 4.31. The molecule has 0 atom stereocenters. The highest BCUT2D eigenvalue weighted by molar-refractivity contribution is 14.1. The Morgan fingerprint density at radius 1 is 1.67 bits per heavy atom. The summed E-state index contributed by atoms with van der Waals surface area (Å²) < 4.78 is 29.9. The third-order valence-electron chi connectivity index (χ3n) is 1.63. The standard InChI is InChI=1S/C8H5BrF2INO2/c1-15-8(14)3-2-13-6(9)4(5(3)12)7(10)11/h2,7H,1H3. The van der Waals surface area contributed by atoms with Crippen molar-refractivity contribution in [1.82, 2.24) is 4.98 Å². The number of halogens is 4. The van der Waals surface area contributed by atoms with Crippen molar-refractivity contribution in [2.45, 2.75) is 6.43 Å². The molecule has 0 fully saturated rings.